The number of amides is 6. The second-order valence-electron chi connectivity index (χ2n) is 16.1. The summed E-state index contributed by atoms with van der Waals surface area (Å²) in [6.07, 6.45) is 2.26. The van der Waals surface area contributed by atoms with Crippen LogP contribution in [0.25, 0.3) is 0 Å². The number of aliphatic hydroxyl groups excluding tert-OH is 1. The maximum absolute atomic E-state index is 13.9. The molecule has 2 heterocycles. The molecule has 58 heavy (non-hydrogen) atoms. The molecular formula is C36H63N8O13P. The first-order chi connectivity index (χ1) is 26.9. The standard InChI is InChI=1S/C36H63N8O13P/c1-21(2)15-24(41-34(51)27-11-10-13-44(27)28(46)12-14-55-36(7,8)19-56-35(4,5)6)31(48)40-25(16-23-17-38-20-39-23)32(49)42-26(18-45)33(50)43-29(30(37)47)22(3)57-58(52,53)54-9/h17,20-22,24-27,29,45H,10-16,18-19H2,1-9H3,(H2,37,47)(H,38,39)(H,40,48)(H,41,51)(H,42,49)(H,43,50)(H,52,53)/t22-,24+,25+,26+,27+,29+/m1/s1. The zero-order valence-electron chi connectivity index (χ0n) is 34.9. The molecule has 9 N–H and O–H groups in total. The average molecular weight is 847 g/mol. The van der Waals surface area contributed by atoms with Crippen LogP contribution >= 0.6 is 7.82 Å². The summed E-state index contributed by atoms with van der Waals surface area (Å²) in [6, 6.07) is -6.76. The van der Waals surface area contributed by atoms with Crippen LogP contribution in [0, 0.1) is 5.92 Å². The van der Waals surface area contributed by atoms with Gasteiger partial charge in [-0.15, -0.1) is 0 Å². The van der Waals surface area contributed by atoms with Crippen LogP contribution in [-0.4, -0.2) is 141 Å². The van der Waals surface area contributed by atoms with Crippen LogP contribution in [0.1, 0.15) is 86.8 Å². The lowest BCUT2D eigenvalue weighted by Crippen LogP contribution is -2.61. The quantitative estimate of drug-likeness (QED) is 0.0612. The lowest BCUT2D eigenvalue weighted by Gasteiger charge is -2.30. The lowest BCUT2D eigenvalue weighted by molar-refractivity contribution is -0.143. The van der Waals surface area contributed by atoms with E-state index in [0.717, 1.165) is 14.0 Å². The van der Waals surface area contributed by atoms with Gasteiger partial charge < -0.3 is 56.4 Å². The van der Waals surface area contributed by atoms with E-state index in [-0.39, 0.29) is 43.3 Å². The van der Waals surface area contributed by atoms with Crippen molar-refractivity contribution in [1.29, 1.82) is 0 Å². The van der Waals surface area contributed by atoms with Gasteiger partial charge in [0, 0.05) is 32.0 Å². The summed E-state index contributed by atoms with van der Waals surface area (Å²) in [5.41, 5.74) is 4.78. The highest BCUT2D eigenvalue weighted by Gasteiger charge is 2.38. The number of ether oxygens (including phenoxy) is 2. The molecule has 1 saturated heterocycles. The Morgan fingerprint density at radius 1 is 0.983 bits per heavy atom. The Morgan fingerprint density at radius 2 is 1.60 bits per heavy atom. The molecule has 1 aliphatic heterocycles. The van der Waals surface area contributed by atoms with Gasteiger partial charge in [-0.05, 0) is 66.7 Å². The Labute approximate surface area is 339 Å². The molecule has 0 radical (unpaired) electrons. The molecule has 0 bridgehead atoms. The first-order valence-corrected chi connectivity index (χ1v) is 20.6. The molecule has 330 valence electrons. The van der Waals surface area contributed by atoms with Crippen molar-refractivity contribution >= 4 is 43.3 Å². The smallest absolute Gasteiger partial charge is 0.394 e. The van der Waals surface area contributed by atoms with Crippen LogP contribution in [-0.2, 0) is 58.3 Å². The van der Waals surface area contributed by atoms with Crippen LogP contribution in [0.5, 0.6) is 0 Å². The molecule has 1 aromatic heterocycles. The number of likely N-dealkylation sites (tertiary alicyclic amines) is 1. The topological polar surface area (TPSA) is 303 Å². The number of nitrogens with zero attached hydrogens (tertiary/aromatic N) is 2. The Balaban J connectivity index is 2.18. The molecule has 1 aromatic rings. The summed E-state index contributed by atoms with van der Waals surface area (Å²) in [6.45, 7) is 14.2. The van der Waals surface area contributed by atoms with E-state index in [4.69, 9.17) is 19.7 Å². The molecule has 21 nitrogen and oxygen atoms in total. The summed E-state index contributed by atoms with van der Waals surface area (Å²) >= 11 is 0. The molecule has 7 atom stereocenters. The van der Waals surface area contributed by atoms with Crippen LogP contribution in [0.15, 0.2) is 12.5 Å². The van der Waals surface area contributed by atoms with Crippen molar-refractivity contribution in [1.82, 2.24) is 36.1 Å². The largest absolute Gasteiger partial charge is 0.472 e. The number of rotatable bonds is 24. The Bertz CT molecular complexity index is 1590. The summed E-state index contributed by atoms with van der Waals surface area (Å²) in [5, 5.41) is 20.0. The molecule has 1 fully saturated rings. The predicted octanol–water partition coefficient (Wildman–Crippen LogP) is -0.442. The number of hydrogen-bond donors (Lipinski definition) is 8. The average Bonchev–Trinajstić information content (AvgIpc) is 3.83. The van der Waals surface area contributed by atoms with Crippen LogP contribution < -0.4 is 27.0 Å². The van der Waals surface area contributed by atoms with E-state index < -0.39 is 85.9 Å². The van der Waals surface area contributed by atoms with Gasteiger partial charge in [-0.1, -0.05) is 13.8 Å². The third-order valence-electron chi connectivity index (χ3n) is 8.91. The molecule has 0 aromatic carbocycles. The predicted molar refractivity (Wildman–Crippen MR) is 208 cm³/mol. The summed E-state index contributed by atoms with van der Waals surface area (Å²) < 4.78 is 32.8. The molecule has 6 amide bonds. The minimum Gasteiger partial charge on any atom is -0.394 e. The number of imidazole rings is 1. The third-order valence-corrected chi connectivity index (χ3v) is 9.97. The fourth-order valence-electron chi connectivity index (χ4n) is 5.85. The van der Waals surface area contributed by atoms with Crippen molar-refractivity contribution < 1.29 is 61.9 Å². The molecule has 1 unspecified atom stereocenters. The van der Waals surface area contributed by atoms with E-state index in [2.05, 4.69) is 35.8 Å². The van der Waals surface area contributed by atoms with E-state index in [9.17, 15) is 43.3 Å². The van der Waals surface area contributed by atoms with Crippen molar-refractivity contribution in [3.05, 3.63) is 18.2 Å². The number of aromatic amines is 1. The van der Waals surface area contributed by atoms with Crippen molar-refractivity contribution in [2.24, 2.45) is 11.7 Å². The Hall–Kier alpha value is -3.98. The molecule has 1 aliphatic rings. The minimum atomic E-state index is -4.61. The number of phosphoric acid groups is 1. The van der Waals surface area contributed by atoms with Gasteiger partial charge in [0.1, 0.15) is 30.2 Å². The molecule has 22 heteroatoms. The molecule has 0 aliphatic carbocycles. The van der Waals surface area contributed by atoms with Gasteiger partial charge >= 0.3 is 7.82 Å². The highest BCUT2D eigenvalue weighted by Crippen LogP contribution is 2.43. The Morgan fingerprint density at radius 3 is 2.16 bits per heavy atom. The number of nitrogens with two attached hydrogens (primary N) is 1. The van der Waals surface area contributed by atoms with Crippen molar-refractivity contribution in [3.8, 4) is 0 Å². The number of nitrogens with one attached hydrogen (secondary N) is 5. The van der Waals surface area contributed by atoms with E-state index in [1.165, 1.54) is 17.4 Å². The molecule has 2 rings (SSSR count). The van der Waals surface area contributed by atoms with Crippen molar-refractivity contribution in [2.75, 3.05) is 33.5 Å². The maximum Gasteiger partial charge on any atom is 0.472 e. The van der Waals surface area contributed by atoms with Crippen LogP contribution in [0.2, 0.25) is 0 Å². The highest BCUT2D eigenvalue weighted by molar-refractivity contribution is 7.47. The number of phosphoric ester groups is 1. The van der Waals surface area contributed by atoms with Gasteiger partial charge in [-0.25, -0.2) is 9.55 Å². The van der Waals surface area contributed by atoms with E-state index in [0.29, 0.717) is 31.7 Å². The first-order valence-electron chi connectivity index (χ1n) is 19.1. The Kier molecular flexibility index (Phi) is 19.4. The van der Waals surface area contributed by atoms with Gasteiger partial charge in [0.25, 0.3) is 0 Å². The number of carbonyl (C=O) groups excluding carboxylic acids is 6. The highest BCUT2D eigenvalue weighted by atomic mass is 31.2. The first kappa shape index (κ1) is 50.2. The zero-order valence-corrected chi connectivity index (χ0v) is 35.8. The van der Waals surface area contributed by atoms with Crippen LogP contribution in [0.3, 0.4) is 0 Å². The van der Waals surface area contributed by atoms with Crippen molar-refractivity contribution in [3.63, 3.8) is 0 Å². The summed E-state index contributed by atoms with van der Waals surface area (Å²) in [7, 11) is -3.72. The number of H-pyrrole nitrogens is 1. The molecular weight excluding hydrogens is 783 g/mol. The van der Waals surface area contributed by atoms with Gasteiger partial charge in [0.2, 0.25) is 35.4 Å². The maximum atomic E-state index is 13.9. The second kappa shape index (κ2) is 22.4. The SMILES string of the molecule is COP(=O)(O)O[C@H](C)[C@H](NC(=O)[C@H](CO)NC(=O)[C@H](Cc1cnc[nH]1)NC(=O)[C@H](CC(C)C)NC(=O)[C@@H]1CCCN1C(=O)CCOC(C)(C)COC(C)(C)C)C(N)=O. The molecule has 0 saturated carbocycles. The number of primary amides is 1. The fourth-order valence-corrected chi connectivity index (χ4v) is 6.48. The van der Waals surface area contributed by atoms with Gasteiger partial charge in [0.15, 0.2) is 0 Å². The zero-order chi connectivity index (χ0) is 44.0. The van der Waals surface area contributed by atoms with Gasteiger partial charge in [-0.2, -0.15) is 0 Å². The van der Waals surface area contributed by atoms with E-state index in [1.54, 1.807) is 0 Å². The monoisotopic (exact) mass is 846 g/mol. The lowest BCUT2D eigenvalue weighted by atomic mass is 10.0. The third kappa shape index (κ3) is 17.1. The second-order valence-corrected chi connectivity index (χ2v) is 17.6. The van der Waals surface area contributed by atoms with E-state index in [1.807, 2.05) is 48.5 Å². The van der Waals surface area contributed by atoms with Gasteiger partial charge in [-0.3, -0.25) is 37.8 Å². The number of aliphatic hydroxyl groups is 1. The summed E-state index contributed by atoms with van der Waals surface area (Å²) in [5.74, 6) is -4.86. The number of aromatic nitrogens is 2. The van der Waals surface area contributed by atoms with Crippen molar-refractivity contribution in [2.45, 2.75) is 135 Å². The van der Waals surface area contributed by atoms with Gasteiger partial charge in [0.05, 0.1) is 49.9 Å². The summed E-state index contributed by atoms with van der Waals surface area (Å²) in [4.78, 5) is 97.7. The number of carbonyl (C=O) groups is 6. The molecule has 0 spiro atoms. The normalized spacial score (nSPS) is 18.3. The van der Waals surface area contributed by atoms with E-state index >= 15 is 0 Å². The number of hydrogen-bond acceptors (Lipinski definition) is 13. The fraction of sp³-hybridized carbons (Fsp3) is 0.750. The minimum absolute atomic E-state index is 0.0322. The van der Waals surface area contributed by atoms with Crippen LogP contribution in [0.4, 0.5) is 0 Å².